The van der Waals surface area contributed by atoms with Crippen LogP contribution in [0, 0.1) is 0 Å². The molecule has 82 valence electrons. The molecule has 0 fully saturated rings. The molecule has 0 amide bonds. The van der Waals surface area contributed by atoms with Crippen molar-refractivity contribution in [2.24, 2.45) is 0 Å². The van der Waals surface area contributed by atoms with E-state index >= 15 is 0 Å². The summed E-state index contributed by atoms with van der Waals surface area (Å²) in [7, 11) is 0. The van der Waals surface area contributed by atoms with Gasteiger partial charge in [-0.1, -0.05) is 12.7 Å². The molecule has 0 unspecified atom stereocenters. The summed E-state index contributed by atoms with van der Waals surface area (Å²) < 4.78 is 6.13. The van der Waals surface area contributed by atoms with E-state index in [1.807, 2.05) is 0 Å². The van der Waals surface area contributed by atoms with Crippen molar-refractivity contribution in [2.75, 3.05) is 13.2 Å². The predicted molar refractivity (Wildman–Crippen MR) is 54.5 cm³/mol. The number of nitrogens with one attached hydrogen (secondary N) is 1. The number of nitrogens with zero attached hydrogens (tertiary/aromatic N) is 1. The minimum atomic E-state index is -0.552. The SMILES string of the molecule is C=Cc1cn(COCCO)c(=O)[nH]c1=O. The van der Waals surface area contributed by atoms with E-state index in [1.54, 1.807) is 0 Å². The maximum Gasteiger partial charge on any atom is 0.330 e. The highest BCUT2D eigenvalue weighted by atomic mass is 16.5. The molecule has 0 bridgehead atoms. The summed E-state index contributed by atoms with van der Waals surface area (Å²) >= 11 is 0. The Kier molecular flexibility index (Phi) is 4.02. The van der Waals surface area contributed by atoms with Gasteiger partial charge in [0.15, 0.2) is 0 Å². The highest BCUT2D eigenvalue weighted by Crippen LogP contribution is 1.89. The first kappa shape index (κ1) is 11.4. The Balaban J connectivity index is 2.93. The number of aromatic nitrogens is 2. The van der Waals surface area contributed by atoms with Crippen LogP contribution in [0.25, 0.3) is 6.08 Å². The first-order chi connectivity index (χ1) is 7.19. The van der Waals surface area contributed by atoms with Crippen molar-refractivity contribution in [1.82, 2.24) is 9.55 Å². The van der Waals surface area contributed by atoms with Gasteiger partial charge in [0.1, 0.15) is 6.73 Å². The van der Waals surface area contributed by atoms with Crippen LogP contribution in [-0.2, 0) is 11.5 Å². The molecule has 0 aromatic carbocycles. The second-order valence-corrected chi connectivity index (χ2v) is 2.78. The predicted octanol–water partition coefficient (Wildman–Crippen LogP) is -0.854. The van der Waals surface area contributed by atoms with Gasteiger partial charge in [0.05, 0.1) is 18.8 Å². The van der Waals surface area contributed by atoms with Crippen molar-refractivity contribution in [3.8, 4) is 0 Å². The summed E-state index contributed by atoms with van der Waals surface area (Å²) in [4.78, 5) is 24.5. The molecule has 1 heterocycles. The molecule has 6 nitrogen and oxygen atoms in total. The van der Waals surface area contributed by atoms with Gasteiger partial charge in [0.2, 0.25) is 0 Å². The van der Waals surface area contributed by atoms with Crippen molar-refractivity contribution >= 4 is 6.08 Å². The van der Waals surface area contributed by atoms with Gasteiger partial charge in [0.25, 0.3) is 5.56 Å². The molecular formula is C9H12N2O4. The van der Waals surface area contributed by atoms with Crippen LogP contribution >= 0.6 is 0 Å². The molecule has 0 saturated carbocycles. The number of hydrogen-bond donors (Lipinski definition) is 2. The fourth-order valence-corrected chi connectivity index (χ4v) is 0.995. The summed E-state index contributed by atoms with van der Waals surface area (Å²) in [5, 5.41) is 8.47. The summed E-state index contributed by atoms with van der Waals surface area (Å²) in [6.45, 7) is 3.44. The highest BCUT2D eigenvalue weighted by Gasteiger charge is 2.00. The van der Waals surface area contributed by atoms with Crippen LogP contribution in [-0.4, -0.2) is 27.9 Å². The van der Waals surface area contributed by atoms with Crippen LogP contribution in [0.1, 0.15) is 5.56 Å². The van der Waals surface area contributed by atoms with Crippen LogP contribution in [0.5, 0.6) is 0 Å². The zero-order valence-corrected chi connectivity index (χ0v) is 8.10. The summed E-state index contributed by atoms with van der Waals surface area (Å²) in [6.07, 6.45) is 2.70. The van der Waals surface area contributed by atoms with Crippen molar-refractivity contribution in [3.05, 3.63) is 39.2 Å². The average molecular weight is 212 g/mol. The fraction of sp³-hybridized carbons (Fsp3) is 0.333. The Morgan fingerprint density at radius 3 is 2.93 bits per heavy atom. The van der Waals surface area contributed by atoms with E-state index in [0.717, 1.165) is 0 Å². The molecule has 1 rings (SSSR count). The second kappa shape index (κ2) is 5.28. The minimum absolute atomic E-state index is 0.0169. The molecule has 0 spiro atoms. The number of aliphatic hydroxyl groups excluding tert-OH is 1. The smallest absolute Gasteiger partial charge is 0.330 e. The Bertz CT molecular complexity index is 446. The van der Waals surface area contributed by atoms with Gasteiger partial charge in [-0.05, 0) is 0 Å². The van der Waals surface area contributed by atoms with Gasteiger partial charge >= 0.3 is 5.69 Å². The third kappa shape index (κ3) is 2.90. The standard InChI is InChI=1S/C9H12N2O4/c1-2-7-5-11(6-15-4-3-12)9(14)10-8(7)13/h2,5,12H,1,3-4,6H2,(H,10,13,14). The van der Waals surface area contributed by atoms with Crippen molar-refractivity contribution < 1.29 is 9.84 Å². The number of rotatable bonds is 5. The van der Waals surface area contributed by atoms with E-state index in [2.05, 4.69) is 11.6 Å². The van der Waals surface area contributed by atoms with Gasteiger partial charge in [0, 0.05) is 6.20 Å². The number of aromatic amines is 1. The summed E-state index contributed by atoms with van der Waals surface area (Å²) in [5.41, 5.74) is -0.737. The van der Waals surface area contributed by atoms with Crippen molar-refractivity contribution in [2.45, 2.75) is 6.73 Å². The topological polar surface area (TPSA) is 84.3 Å². The summed E-state index contributed by atoms with van der Waals surface area (Å²) in [5.74, 6) is 0. The molecule has 1 aromatic rings. The van der Waals surface area contributed by atoms with Crippen LogP contribution in [0.3, 0.4) is 0 Å². The fourth-order valence-electron chi connectivity index (χ4n) is 0.995. The van der Waals surface area contributed by atoms with Crippen molar-refractivity contribution in [3.63, 3.8) is 0 Å². The lowest BCUT2D eigenvalue weighted by molar-refractivity contribution is 0.0456. The van der Waals surface area contributed by atoms with Crippen LogP contribution in [0.2, 0.25) is 0 Å². The number of hydrogen-bond acceptors (Lipinski definition) is 4. The normalized spacial score (nSPS) is 10.2. The third-order valence-electron chi connectivity index (χ3n) is 1.72. The third-order valence-corrected chi connectivity index (χ3v) is 1.72. The van der Waals surface area contributed by atoms with Gasteiger partial charge in [-0.2, -0.15) is 0 Å². The molecule has 0 aliphatic rings. The first-order valence-electron chi connectivity index (χ1n) is 4.34. The molecule has 15 heavy (non-hydrogen) atoms. The molecule has 0 atom stereocenters. The van der Waals surface area contributed by atoms with E-state index in [0.29, 0.717) is 5.56 Å². The summed E-state index contributed by atoms with van der Waals surface area (Å²) in [6, 6.07) is 0. The lowest BCUT2D eigenvalue weighted by Crippen LogP contribution is -2.31. The van der Waals surface area contributed by atoms with E-state index < -0.39 is 11.2 Å². The Labute approximate surface area is 85.4 Å². The molecule has 1 aromatic heterocycles. The minimum Gasteiger partial charge on any atom is -0.394 e. The largest absolute Gasteiger partial charge is 0.394 e. The molecular weight excluding hydrogens is 200 g/mol. The van der Waals surface area contributed by atoms with Gasteiger partial charge in [-0.15, -0.1) is 0 Å². The van der Waals surface area contributed by atoms with Crippen LogP contribution < -0.4 is 11.2 Å². The van der Waals surface area contributed by atoms with Gasteiger partial charge in [-0.3, -0.25) is 14.3 Å². The Morgan fingerprint density at radius 1 is 1.60 bits per heavy atom. The second-order valence-electron chi connectivity index (χ2n) is 2.78. The first-order valence-corrected chi connectivity index (χ1v) is 4.34. The zero-order chi connectivity index (χ0) is 11.3. The monoisotopic (exact) mass is 212 g/mol. The molecule has 0 radical (unpaired) electrons. The number of ether oxygens (including phenoxy) is 1. The van der Waals surface area contributed by atoms with Gasteiger partial charge in [-0.25, -0.2) is 4.79 Å². The molecule has 0 aliphatic heterocycles. The van der Waals surface area contributed by atoms with Crippen LogP contribution in [0.15, 0.2) is 22.4 Å². The number of aliphatic hydroxyl groups is 1. The lowest BCUT2D eigenvalue weighted by atomic mass is 10.3. The maximum absolute atomic E-state index is 11.2. The van der Waals surface area contributed by atoms with E-state index in [-0.39, 0.29) is 19.9 Å². The Morgan fingerprint density at radius 2 is 2.33 bits per heavy atom. The highest BCUT2D eigenvalue weighted by molar-refractivity contribution is 5.43. The Hall–Kier alpha value is -1.66. The van der Waals surface area contributed by atoms with E-state index in [1.165, 1.54) is 16.8 Å². The zero-order valence-electron chi connectivity index (χ0n) is 8.10. The van der Waals surface area contributed by atoms with E-state index in [9.17, 15) is 9.59 Å². The van der Waals surface area contributed by atoms with Gasteiger partial charge < -0.3 is 9.84 Å². The quantitative estimate of drug-likeness (QED) is 0.622. The lowest BCUT2D eigenvalue weighted by Gasteiger charge is -2.05. The maximum atomic E-state index is 11.2. The number of H-pyrrole nitrogens is 1. The molecule has 0 saturated heterocycles. The molecule has 2 N–H and O–H groups in total. The molecule has 0 aliphatic carbocycles. The average Bonchev–Trinajstić information content (AvgIpc) is 2.21. The molecule has 6 heteroatoms. The van der Waals surface area contributed by atoms with Crippen LogP contribution in [0.4, 0.5) is 0 Å². The van der Waals surface area contributed by atoms with Crippen molar-refractivity contribution in [1.29, 1.82) is 0 Å². The van der Waals surface area contributed by atoms with E-state index in [4.69, 9.17) is 9.84 Å².